The lowest BCUT2D eigenvalue weighted by Gasteiger charge is -2.15. The van der Waals surface area contributed by atoms with Gasteiger partial charge in [0.15, 0.2) is 0 Å². The molecule has 3 N–H and O–H groups in total. The Morgan fingerprint density at radius 3 is 2.56 bits per heavy atom. The third-order valence-electron chi connectivity index (χ3n) is 3.81. The van der Waals surface area contributed by atoms with Gasteiger partial charge in [0.1, 0.15) is 23.1 Å². The monoisotopic (exact) mass is 497 g/mol. The number of amides is 1. The maximum atomic E-state index is 12.8. The molecule has 0 saturated carbocycles. The van der Waals surface area contributed by atoms with Crippen molar-refractivity contribution in [3.05, 3.63) is 46.6 Å². The van der Waals surface area contributed by atoms with Gasteiger partial charge in [-0.1, -0.05) is 17.7 Å². The highest BCUT2D eigenvalue weighted by Crippen LogP contribution is 2.36. The highest BCUT2D eigenvalue weighted by molar-refractivity contribution is 7.87. The number of aromatic nitrogens is 1. The standard InChI is InChI=1S/C18H19ClF3N3O6S/c1-29-6-7-30-13-4-2-11(3-5-16(26)25-32(23,27)28)15(9-13)31-17-14(19)8-12(10-24-17)18(20,21)22/h2,4,8-10H,3,5-7H2,1H3,(H,25,26)(H2,23,27,28). The van der Waals surface area contributed by atoms with Crippen LogP contribution in [0.3, 0.4) is 0 Å². The lowest BCUT2D eigenvalue weighted by molar-refractivity contribution is -0.137. The quantitative estimate of drug-likeness (QED) is 0.483. The van der Waals surface area contributed by atoms with E-state index in [1.807, 2.05) is 0 Å². The Morgan fingerprint density at radius 2 is 1.97 bits per heavy atom. The van der Waals surface area contributed by atoms with Gasteiger partial charge in [0.25, 0.3) is 10.2 Å². The van der Waals surface area contributed by atoms with Gasteiger partial charge in [-0.3, -0.25) is 4.79 Å². The molecular formula is C18H19ClF3N3O6S. The summed E-state index contributed by atoms with van der Waals surface area (Å²) in [6, 6.07) is 5.21. The van der Waals surface area contributed by atoms with Crippen molar-refractivity contribution in [2.75, 3.05) is 20.3 Å². The molecule has 9 nitrogen and oxygen atoms in total. The molecule has 2 aromatic rings. The van der Waals surface area contributed by atoms with Gasteiger partial charge in [0.2, 0.25) is 11.8 Å². The molecule has 0 unspecified atom stereocenters. The number of carbonyl (C=O) groups is 1. The number of nitrogens with one attached hydrogen (secondary N) is 1. The zero-order chi connectivity index (χ0) is 23.9. The van der Waals surface area contributed by atoms with Gasteiger partial charge in [-0.2, -0.15) is 21.6 Å². The molecular weight excluding hydrogens is 479 g/mol. The zero-order valence-electron chi connectivity index (χ0n) is 16.6. The van der Waals surface area contributed by atoms with E-state index in [1.165, 1.54) is 13.2 Å². The molecule has 176 valence electrons. The first kappa shape index (κ1) is 25.6. The highest BCUT2D eigenvalue weighted by Gasteiger charge is 2.32. The molecule has 1 aromatic carbocycles. The molecule has 0 radical (unpaired) electrons. The number of rotatable bonds is 10. The van der Waals surface area contributed by atoms with Crippen molar-refractivity contribution in [2.24, 2.45) is 5.14 Å². The van der Waals surface area contributed by atoms with Crippen LogP contribution >= 0.6 is 11.6 Å². The third-order valence-corrected chi connectivity index (χ3v) is 4.60. The molecule has 0 aliphatic rings. The SMILES string of the molecule is COCCOc1ccc(CCC(=O)NS(N)(=O)=O)c(Oc2ncc(C(F)(F)F)cc2Cl)c1. The fourth-order valence-corrected chi connectivity index (χ4v) is 3.01. The largest absolute Gasteiger partial charge is 0.491 e. The number of ether oxygens (including phenoxy) is 3. The minimum absolute atomic E-state index is 0.00723. The third kappa shape index (κ3) is 8.15. The zero-order valence-corrected chi connectivity index (χ0v) is 18.2. The van der Waals surface area contributed by atoms with Gasteiger partial charge in [0.05, 0.1) is 12.2 Å². The average Bonchev–Trinajstić information content (AvgIpc) is 2.67. The number of nitrogens with two attached hydrogens (primary N) is 1. The minimum atomic E-state index is -4.63. The fraction of sp³-hybridized carbons (Fsp3) is 0.333. The van der Waals surface area contributed by atoms with Crippen molar-refractivity contribution in [3.8, 4) is 17.4 Å². The van der Waals surface area contributed by atoms with Crippen molar-refractivity contribution in [2.45, 2.75) is 19.0 Å². The van der Waals surface area contributed by atoms with Gasteiger partial charge >= 0.3 is 6.18 Å². The number of carbonyl (C=O) groups excluding carboxylic acids is 1. The Labute approximate surface area is 186 Å². The molecule has 1 amide bonds. The second kappa shape index (κ2) is 10.8. The first-order valence-corrected chi connectivity index (χ1v) is 10.8. The van der Waals surface area contributed by atoms with Crippen LogP contribution in [0.4, 0.5) is 13.2 Å². The van der Waals surface area contributed by atoms with E-state index in [2.05, 4.69) is 4.98 Å². The van der Waals surface area contributed by atoms with Crippen molar-refractivity contribution < 1.29 is 40.6 Å². The van der Waals surface area contributed by atoms with E-state index in [0.29, 0.717) is 30.2 Å². The van der Waals surface area contributed by atoms with Gasteiger partial charge in [-0.15, -0.1) is 0 Å². The lowest BCUT2D eigenvalue weighted by atomic mass is 10.1. The molecule has 0 atom stereocenters. The predicted molar refractivity (Wildman–Crippen MR) is 108 cm³/mol. The van der Waals surface area contributed by atoms with E-state index in [9.17, 15) is 26.4 Å². The van der Waals surface area contributed by atoms with E-state index in [-0.39, 0.29) is 36.1 Å². The summed E-state index contributed by atoms with van der Waals surface area (Å²) in [6.07, 6.45) is -4.33. The first-order valence-electron chi connectivity index (χ1n) is 8.87. The number of methoxy groups -OCH3 is 1. The van der Waals surface area contributed by atoms with E-state index in [4.69, 9.17) is 31.0 Å². The average molecular weight is 498 g/mol. The molecule has 2 rings (SSSR count). The summed E-state index contributed by atoms with van der Waals surface area (Å²) < 4.78 is 78.0. The number of halogens is 4. The number of hydrogen-bond donors (Lipinski definition) is 2. The van der Waals surface area contributed by atoms with Crippen LogP contribution in [0.15, 0.2) is 30.5 Å². The molecule has 0 spiro atoms. The van der Waals surface area contributed by atoms with E-state index in [1.54, 1.807) is 16.9 Å². The number of nitrogens with zero attached hydrogens (tertiary/aromatic N) is 1. The molecule has 1 heterocycles. The number of alkyl halides is 3. The summed E-state index contributed by atoms with van der Waals surface area (Å²) in [5.74, 6) is -0.719. The van der Waals surface area contributed by atoms with Crippen LogP contribution in [0.25, 0.3) is 0 Å². The van der Waals surface area contributed by atoms with Gasteiger partial charge in [-0.25, -0.2) is 14.8 Å². The predicted octanol–water partition coefficient (Wildman–Crippen LogP) is 2.82. The Morgan fingerprint density at radius 1 is 1.25 bits per heavy atom. The van der Waals surface area contributed by atoms with Crippen molar-refractivity contribution >= 4 is 27.7 Å². The second-order valence-corrected chi connectivity index (χ2v) is 7.99. The summed E-state index contributed by atoms with van der Waals surface area (Å²) in [5.41, 5.74) is -0.641. The fourth-order valence-electron chi connectivity index (χ4n) is 2.39. The minimum Gasteiger partial charge on any atom is -0.491 e. The van der Waals surface area contributed by atoms with Crippen molar-refractivity contribution in [1.82, 2.24) is 9.71 Å². The van der Waals surface area contributed by atoms with Gasteiger partial charge in [0, 0.05) is 25.8 Å². The normalized spacial score (nSPS) is 11.8. The Bertz CT molecular complexity index is 1070. The maximum absolute atomic E-state index is 12.8. The van der Waals surface area contributed by atoms with Crippen LogP contribution in [0, 0.1) is 0 Å². The molecule has 32 heavy (non-hydrogen) atoms. The van der Waals surface area contributed by atoms with Crippen LogP contribution in [0.5, 0.6) is 17.4 Å². The highest BCUT2D eigenvalue weighted by atomic mass is 35.5. The first-order chi connectivity index (χ1) is 14.9. The molecule has 0 saturated heterocycles. The molecule has 1 aromatic heterocycles. The molecule has 0 aliphatic carbocycles. The summed E-state index contributed by atoms with van der Waals surface area (Å²) in [5, 5.41) is 4.37. The molecule has 0 aliphatic heterocycles. The number of hydrogen-bond acceptors (Lipinski definition) is 7. The Hall–Kier alpha value is -2.61. The number of benzene rings is 1. The van der Waals surface area contributed by atoms with Gasteiger partial charge < -0.3 is 14.2 Å². The summed E-state index contributed by atoms with van der Waals surface area (Å²) in [6.45, 7) is 0.517. The topological polar surface area (TPSA) is 130 Å². The van der Waals surface area contributed by atoms with Crippen molar-refractivity contribution in [1.29, 1.82) is 0 Å². The van der Waals surface area contributed by atoms with Crippen LogP contribution in [0.1, 0.15) is 17.5 Å². The molecule has 0 fully saturated rings. The van der Waals surface area contributed by atoms with Crippen LogP contribution in [0.2, 0.25) is 5.02 Å². The van der Waals surface area contributed by atoms with Crippen LogP contribution < -0.4 is 19.3 Å². The molecule has 14 heteroatoms. The molecule has 0 bridgehead atoms. The summed E-state index contributed by atoms with van der Waals surface area (Å²) >= 11 is 5.90. The van der Waals surface area contributed by atoms with E-state index < -0.39 is 27.9 Å². The van der Waals surface area contributed by atoms with E-state index in [0.717, 1.165) is 0 Å². The van der Waals surface area contributed by atoms with Crippen LogP contribution in [-0.4, -0.2) is 39.6 Å². The van der Waals surface area contributed by atoms with Crippen LogP contribution in [-0.2, 0) is 32.3 Å². The van der Waals surface area contributed by atoms with Crippen molar-refractivity contribution in [3.63, 3.8) is 0 Å². The Balaban J connectivity index is 2.28. The van der Waals surface area contributed by atoms with E-state index >= 15 is 0 Å². The summed E-state index contributed by atoms with van der Waals surface area (Å²) in [7, 11) is -2.72. The number of pyridine rings is 1. The number of aryl methyl sites for hydroxylation is 1. The lowest BCUT2D eigenvalue weighted by Crippen LogP contribution is -2.36. The second-order valence-electron chi connectivity index (χ2n) is 6.29. The smallest absolute Gasteiger partial charge is 0.417 e. The maximum Gasteiger partial charge on any atom is 0.417 e. The summed E-state index contributed by atoms with van der Waals surface area (Å²) in [4.78, 5) is 15.4. The van der Waals surface area contributed by atoms with Gasteiger partial charge in [-0.05, 0) is 24.1 Å². The Kier molecular flexibility index (Phi) is 8.66.